The molecule has 0 saturated heterocycles. The van der Waals surface area contributed by atoms with Crippen molar-refractivity contribution in [1.82, 2.24) is 5.32 Å². The van der Waals surface area contributed by atoms with Crippen LogP contribution in [0.15, 0.2) is 40.2 Å². The van der Waals surface area contributed by atoms with Crippen LogP contribution >= 0.6 is 27.3 Å². The van der Waals surface area contributed by atoms with Crippen molar-refractivity contribution in [2.45, 2.75) is 26.3 Å². The van der Waals surface area contributed by atoms with Crippen molar-refractivity contribution in [2.75, 3.05) is 6.54 Å². The summed E-state index contributed by atoms with van der Waals surface area (Å²) in [5.41, 5.74) is 2.66. The Kier molecular flexibility index (Phi) is 4.98. The highest BCUT2D eigenvalue weighted by Crippen LogP contribution is 2.28. The molecular formula is C15H18BrNS. The monoisotopic (exact) mass is 323 g/mol. The molecule has 2 aromatic rings. The summed E-state index contributed by atoms with van der Waals surface area (Å²) in [6.07, 6.45) is 1.05. The van der Waals surface area contributed by atoms with Gasteiger partial charge in [-0.15, -0.1) is 11.3 Å². The second-order valence-electron chi connectivity index (χ2n) is 4.42. The number of rotatable bonds is 5. The number of nitrogens with one attached hydrogen (secondary N) is 1. The second-order valence-corrected chi connectivity index (χ2v) is 6.31. The molecule has 0 radical (unpaired) electrons. The maximum Gasteiger partial charge on any atom is 0.0380 e. The maximum absolute atomic E-state index is 3.67. The van der Waals surface area contributed by atoms with Crippen molar-refractivity contribution >= 4 is 27.3 Å². The summed E-state index contributed by atoms with van der Waals surface area (Å²) in [6.45, 7) is 5.28. The highest BCUT2D eigenvalue weighted by Gasteiger charge is 2.14. The fourth-order valence-electron chi connectivity index (χ4n) is 2.10. The maximum atomic E-state index is 3.67. The number of aryl methyl sites for hydroxylation is 1. The van der Waals surface area contributed by atoms with Gasteiger partial charge >= 0.3 is 0 Å². The SMILES string of the molecule is CCNC(Cc1cccs1)c1cc(C)ccc1Br. The van der Waals surface area contributed by atoms with E-state index in [1.807, 2.05) is 11.3 Å². The van der Waals surface area contributed by atoms with Crippen LogP contribution in [-0.4, -0.2) is 6.54 Å². The molecule has 0 aliphatic heterocycles. The van der Waals surface area contributed by atoms with Gasteiger partial charge in [0, 0.05) is 21.8 Å². The van der Waals surface area contributed by atoms with Gasteiger partial charge in [0.05, 0.1) is 0 Å². The van der Waals surface area contributed by atoms with Gasteiger partial charge in [-0.25, -0.2) is 0 Å². The van der Waals surface area contributed by atoms with Crippen molar-refractivity contribution in [3.8, 4) is 0 Å². The molecule has 96 valence electrons. The molecule has 2 rings (SSSR count). The van der Waals surface area contributed by atoms with Gasteiger partial charge in [0.2, 0.25) is 0 Å². The van der Waals surface area contributed by atoms with Crippen molar-refractivity contribution in [3.05, 3.63) is 56.2 Å². The minimum absolute atomic E-state index is 0.378. The summed E-state index contributed by atoms with van der Waals surface area (Å²) in [5.74, 6) is 0. The van der Waals surface area contributed by atoms with Gasteiger partial charge in [0.1, 0.15) is 0 Å². The van der Waals surface area contributed by atoms with E-state index in [4.69, 9.17) is 0 Å². The Bertz CT molecular complexity index is 493. The summed E-state index contributed by atoms with van der Waals surface area (Å²) in [6, 6.07) is 11.3. The van der Waals surface area contributed by atoms with Crippen LogP contribution in [0.2, 0.25) is 0 Å². The number of benzene rings is 1. The first kappa shape index (κ1) is 13.8. The van der Waals surface area contributed by atoms with Crippen LogP contribution in [0, 0.1) is 6.92 Å². The first-order valence-corrected chi connectivity index (χ1v) is 7.89. The Morgan fingerprint density at radius 3 is 2.83 bits per heavy atom. The third-order valence-corrected chi connectivity index (χ3v) is 4.58. The zero-order valence-electron chi connectivity index (χ0n) is 10.7. The fraction of sp³-hybridized carbons (Fsp3) is 0.333. The second kappa shape index (κ2) is 6.50. The van der Waals surface area contributed by atoms with E-state index in [1.165, 1.54) is 20.5 Å². The van der Waals surface area contributed by atoms with E-state index in [0.717, 1.165) is 13.0 Å². The van der Waals surface area contributed by atoms with Crippen LogP contribution in [0.1, 0.15) is 29.0 Å². The van der Waals surface area contributed by atoms with Crippen LogP contribution in [0.25, 0.3) is 0 Å². The molecule has 1 atom stereocenters. The molecule has 0 spiro atoms. The lowest BCUT2D eigenvalue weighted by molar-refractivity contribution is 0.551. The van der Waals surface area contributed by atoms with Crippen LogP contribution in [0.3, 0.4) is 0 Å². The van der Waals surface area contributed by atoms with E-state index >= 15 is 0 Å². The van der Waals surface area contributed by atoms with Gasteiger partial charge in [0.25, 0.3) is 0 Å². The number of likely N-dealkylation sites (N-methyl/N-ethyl adjacent to an activating group) is 1. The molecule has 0 bridgehead atoms. The number of hydrogen-bond donors (Lipinski definition) is 1. The Hall–Kier alpha value is -0.640. The summed E-state index contributed by atoms with van der Waals surface area (Å²) in [7, 11) is 0. The minimum atomic E-state index is 0.378. The predicted molar refractivity (Wildman–Crippen MR) is 83.3 cm³/mol. The zero-order chi connectivity index (χ0) is 13.0. The molecule has 0 fully saturated rings. The molecule has 0 aliphatic carbocycles. The highest BCUT2D eigenvalue weighted by molar-refractivity contribution is 9.10. The quantitative estimate of drug-likeness (QED) is 0.840. The molecular weight excluding hydrogens is 306 g/mol. The average molecular weight is 324 g/mol. The minimum Gasteiger partial charge on any atom is -0.310 e. The van der Waals surface area contributed by atoms with Crippen molar-refractivity contribution < 1.29 is 0 Å². The number of hydrogen-bond acceptors (Lipinski definition) is 2. The molecule has 1 aromatic heterocycles. The molecule has 1 nitrogen and oxygen atoms in total. The smallest absolute Gasteiger partial charge is 0.0380 e. The zero-order valence-corrected chi connectivity index (χ0v) is 13.1. The molecule has 0 aliphatic rings. The van der Waals surface area contributed by atoms with E-state index in [0.29, 0.717) is 6.04 Å². The van der Waals surface area contributed by atoms with Crippen LogP contribution < -0.4 is 5.32 Å². The van der Waals surface area contributed by atoms with Crippen molar-refractivity contribution in [3.63, 3.8) is 0 Å². The van der Waals surface area contributed by atoms with Gasteiger partial charge in [-0.1, -0.05) is 46.6 Å². The molecule has 1 unspecified atom stereocenters. The molecule has 3 heteroatoms. The molecule has 0 amide bonds. The standard InChI is InChI=1S/C15H18BrNS/c1-3-17-15(10-12-5-4-8-18-12)13-9-11(2)6-7-14(13)16/h4-9,15,17H,3,10H2,1-2H3. The lowest BCUT2D eigenvalue weighted by Gasteiger charge is -2.19. The van der Waals surface area contributed by atoms with Gasteiger partial charge in [-0.3, -0.25) is 0 Å². The van der Waals surface area contributed by atoms with Gasteiger partial charge in [-0.05, 0) is 36.5 Å². The predicted octanol–water partition coefficient (Wildman–Crippen LogP) is 4.71. The van der Waals surface area contributed by atoms with E-state index in [9.17, 15) is 0 Å². The first-order chi connectivity index (χ1) is 8.70. The van der Waals surface area contributed by atoms with Crippen LogP contribution in [-0.2, 0) is 6.42 Å². The molecule has 0 saturated carbocycles. The average Bonchev–Trinajstić information content (AvgIpc) is 2.85. The summed E-state index contributed by atoms with van der Waals surface area (Å²) in [4.78, 5) is 1.43. The van der Waals surface area contributed by atoms with E-state index in [2.05, 4.69) is 70.8 Å². The van der Waals surface area contributed by atoms with Gasteiger partial charge < -0.3 is 5.32 Å². The lowest BCUT2D eigenvalue weighted by Crippen LogP contribution is -2.23. The van der Waals surface area contributed by atoms with E-state index in [-0.39, 0.29) is 0 Å². The van der Waals surface area contributed by atoms with Crippen LogP contribution in [0.5, 0.6) is 0 Å². The first-order valence-electron chi connectivity index (χ1n) is 6.22. The number of thiophene rings is 1. The topological polar surface area (TPSA) is 12.0 Å². The van der Waals surface area contributed by atoms with Gasteiger partial charge in [0.15, 0.2) is 0 Å². The third kappa shape index (κ3) is 3.44. The summed E-state index contributed by atoms with van der Waals surface area (Å²) < 4.78 is 1.19. The summed E-state index contributed by atoms with van der Waals surface area (Å²) in [5, 5.41) is 5.72. The Morgan fingerprint density at radius 1 is 1.33 bits per heavy atom. The van der Waals surface area contributed by atoms with E-state index in [1.54, 1.807) is 0 Å². The summed E-state index contributed by atoms with van der Waals surface area (Å²) >= 11 is 5.50. The largest absolute Gasteiger partial charge is 0.310 e. The molecule has 18 heavy (non-hydrogen) atoms. The Balaban J connectivity index is 2.26. The molecule has 1 heterocycles. The molecule has 1 N–H and O–H groups in total. The van der Waals surface area contributed by atoms with Crippen LogP contribution in [0.4, 0.5) is 0 Å². The Morgan fingerprint density at radius 2 is 2.17 bits per heavy atom. The third-order valence-electron chi connectivity index (χ3n) is 2.96. The highest BCUT2D eigenvalue weighted by atomic mass is 79.9. The van der Waals surface area contributed by atoms with Crippen molar-refractivity contribution in [1.29, 1.82) is 0 Å². The van der Waals surface area contributed by atoms with Crippen molar-refractivity contribution in [2.24, 2.45) is 0 Å². The fourth-order valence-corrected chi connectivity index (χ4v) is 3.37. The lowest BCUT2D eigenvalue weighted by atomic mass is 10.0. The normalized spacial score (nSPS) is 12.6. The van der Waals surface area contributed by atoms with E-state index < -0.39 is 0 Å². The number of halogens is 1. The van der Waals surface area contributed by atoms with Gasteiger partial charge in [-0.2, -0.15) is 0 Å². The Labute approximate surface area is 121 Å². The molecule has 1 aromatic carbocycles.